The van der Waals surface area contributed by atoms with Gasteiger partial charge in [-0.3, -0.25) is 9.59 Å². The van der Waals surface area contributed by atoms with Crippen LogP contribution in [0.3, 0.4) is 0 Å². The van der Waals surface area contributed by atoms with Crippen LogP contribution in [0.1, 0.15) is 15.9 Å². The molecule has 2 aromatic carbocycles. The number of hydrogen-bond donors (Lipinski definition) is 0. The molecule has 2 amide bonds. The van der Waals surface area contributed by atoms with Gasteiger partial charge in [-0.25, -0.2) is 4.39 Å². The molecule has 0 aromatic heterocycles. The maximum atomic E-state index is 13.2. The Bertz CT molecular complexity index is 949. The predicted octanol–water partition coefficient (Wildman–Crippen LogP) is 3.49. The largest absolute Gasteiger partial charge is 0.497 e. The lowest BCUT2D eigenvalue weighted by molar-refractivity contribution is -0.127. The number of carbonyl (C=O) groups excluding carboxylic acids is 2. The van der Waals surface area contributed by atoms with Gasteiger partial charge in [-0.05, 0) is 42.0 Å². The van der Waals surface area contributed by atoms with Crippen molar-refractivity contribution in [3.05, 3.63) is 64.4 Å². The van der Waals surface area contributed by atoms with Crippen LogP contribution < -0.4 is 9.47 Å². The summed E-state index contributed by atoms with van der Waals surface area (Å²) in [6.07, 6.45) is 3.19. The third-order valence-electron chi connectivity index (χ3n) is 4.83. The standard InChI is InChI=1S/C22H22ClFN2O4/c1-29-17-11-15(12-18(14-17)30-2)3-6-21(27)25-7-9-26(10-8-25)22(28)19-5-4-16(24)13-20(19)23/h3-6,11-14H,7-10H2,1-2H3/b6-3+. The summed E-state index contributed by atoms with van der Waals surface area (Å²) in [6.45, 7) is 1.54. The van der Waals surface area contributed by atoms with E-state index in [9.17, 15) is 14.0 Å². The van der Waals surface area contributed by atoms with Crippen LogP contribution in [0.15, 0.2) is 42.5 Å². The molecule has 1 aliphatic rings. The van der Waals surface area contributed by atoms with Crippen molar-refractivity contribution in [1.29, 1.82) is 0 Å². The van der Waals surface area contributed by atoms with Crippen molar-refractivity contribution in [3.63, 3.8) is 0 Å². The second-order valence-electron chi connectivity index (χ2n) is 6.72. The predicted molar refractivity (Wildman–Crippen MR) is 112 cm³/mol. The van der Waals surface area contributed by atoms with Crippen molar-refractivity contribution in [2.24, 2.45) is 0 Å². The SMILES string of the molecule is COc1cc(/C=C/C(=O)N2CCN(C(=O)c3ccc(F)cc3Cl)CC2)cc(OC)c1. The number of nitrogens with zero attached hydrogens (tertiary/aromatic N) is 2. The summed E-state index contributed by atoms with van der Waals surface area (Å²) in [5.74, 6) is 0.350. The highest BCUT2D eigenvalue weighted by Crippen LogP contribution is 2.23. The number of halogens is 2. The van der Waals surface area contributed by atoms with Crippen LogP contribution >= 0.6 is 11.6 Å². The minimum Gasteiger partial charge on any atom is -0.497 e. The van der Waals surface area contributed by atoms with E-state index in [-0.39, 0.29) is 22.4 Å². The topological polar surface area (TPSA) is 59.1 Å². The molecule has 6 nitrogen and oxygen atoms in total. The maximum Gasteiger partial charge on any atom is 0.255 e. The van der Waals surface area contributed by atoms with Gasteiger partial charge in [0.15, 0.2) is 0 Å². The van der Waals surface area contributed by atoms with Gasteiger partial charge in [-0.1, -0.05) is 11.6 Å². The number of piperazine rings is 1. The minimum absolute atomic E-state index is 0.0788. The highest BCUT2D eigenvalue weighted by Gasteiger charge is 2.25. The van der Waals surface area contributed by atoms with Gasteiger partial charge in [-0.15, -0.1) is 0 Å². The normalized spacial score (nSPS) is 14.1. The van der Waals surface area contributed by atoms with E-state index in [2.05, 4.69) is 0 Å². The minimum atomic E-state index is -0.493. The van der Waals surface area contributed by atoms with Crippen molar-refractivity contribution in [2.45, 2.75) is 0 Å². The summed E-state index contributed by atoms with van der Waals surface area (Å²) in [6, 6.07) is 9.06. The molecule has 30 heavy (non-hydrogen) atoms. The van der Waals surface area contributed by atoms with Crippen LogP contribution in [-0.4, -0.2) is 62.0 Å². The molecule has 8 heteroatoms. The third-order valence-corrected chi connectivity index (χ3v) is 5.14. The van der Waals surface area contributed by atoms with E-state index in [4.69, 9.17) is 21.1 Å². The molecule has 0 spiro atoms. The average molecular weight is 433 g/mol. The fraction of sp³-hybridized carbons (Fsp3) is 0.273. The van der Waals surface area contributed by atoms with E-state index in [1.807, 2.05) is 0 Å². The van der Waals surface area contributed by atoms with Gasteiger partial charge in [0.2, 0.25) is 5.91 Å². The average Bonchev–Trinajstić information content (AvgIpc) is 2.76. The number of carbonyl (C=O) groups is 2. The second kappa shape index (κ2) is 9.63. The zero-order chi connectivity index (χ0) is 21.7. The number of hydrogen-bond acceptors (Lipinski definition) is 4. The van der Waals surface area contributed by atoms with E-state index in [1.54, 1.807) is 48.3 Å². The highest BCUT2D eigenvalue weighted by atomic mass is 35.5. The molecule has 0 bridgehead atoms. The Balaban J connectivity index is 1.60. The summed E-state index contributed by atoms with van der Waals surface area (Å²) < 4.78 is 23.7. The Labute approximate surface area is 179 Å². The van der Waals surface area contributed by atoms with Crippen LogP contribution in [0.2, 0.25) is 5.02 Å². The quantitative estimate of drug-likeness (QED) is 0.678. The Morgan fingerprint density at radius 1 is 0.967 bits per heavy atom. The number of rotatable bonds is 5. The van der Waals surface area contributed by atoms with Crippen LogP contribution in [0.25, 0.3) is 6.08 Å². The van der Waals surface area contributed by atoms with E-state index in [0.29, 0.717) is 37.7 Å². The van der Waals surface area contributed by atoms with E-state index >= 15 is 0 Å². The number of ether oxygens (including phenoxy) is 2. The van der Waals surface area contributed by atoms with Gasteiger partial charge in [0, 0.05) is 38.3 Å². The van der Waals surface area contributed by atoms with Gasteiger partial charge >= 0.3 is 0 Å². The molecule has 0 saturated carbocycles. The molecule has 1 aliphatic heterocycles. The third kappa shape index (κ3) is 5.10. The summed E-state index contributed by atoms with van der Waals surface area (Å²) in [4.78, 5) is 28.4. The Morgan fingerprint density at radius 3 is 2.13 bits per heavy atom. The van der Waals surface area contributed by atoms with Crippen LogP contribution in [-0.2, 0) is 4.79 Å². The molecule has 1 fully saturated rings. The van der Waals surface area contributed by atoms with E-state index in [0.717, 1.165) is 11.6 Å². The molecule has 3 rings (SSSR count). The van der Waals surface area contributed by atoms with Gasteiger partial charge in [0.25, 0.3) is 5.91 Å². The first-order chi connectivity index (χ1) is 14.4. The van der Waals surface area contributed by atoms with Gasteiger partial charge in [0.1, 0.15) is 17.3 Å². The fourth-order valence-electron chi connectivity index (χ4n) is 3.16. The molecule has 0 N–H and O–H groups in total. The fourth-order valence-corrected chi connectivity index (χ4v) is 3.41. The molecule has 0 atom stereocenters. The second-order valence-corrected chi connectivity index (χ2v) is 7.13. The highest BCUT2D eigenvalue weighted by molar-refractivity contribution is 6.33. The Kier molecular flexibility index (Phi) is 6.95. The summed E-state index contributed by atoms with van der Waals surface area (Å²) in [7, 11) is 3.13. The van der Waals surface area contributed by atoms with Crippen molar-refractivity contribution in [2.75, 3.05) is 40.4 Å². The van der Waals surface area contributed by atoms with Crippen molar-refractivity contribution in [1.82, 2.24) is 9.80 Å². The summed E-state index contributed by atoms with van der Waals surface area (Å²) in [5, 5.41) is 0.0788. The van der Waals surface area contributed by atoms with Crippen molar-refractivity contribution < 1.29 is 23.5 Å². The molecule has 158 valence electrons. The van der Waals surface area contributed by atoms with Gasteiger partial charge in [0.05, 0.1) is 24.8 Å². The lowest BCUT2D eigenvalue weighted by atomic mass is 10.1. The Morgan fingerprint density at radius 2 is 1.57 bits per heavy atom. The molecular weight excluding hydrogens is 411 g/mol. The number of benzene rings is 2. The summed E-state index contributed by atoms with van der Waals surface area (Å²) in [5.41, 5.74) is 1.03. The Hall–Kier alpha value is -3.06. The monoisotopic (exact) mass is 432 g/mol. The lowest BCUT2D eigenvalue weighted by Crippen LogP contribution is -2.50. The molecule has 1 heterocycles. The summed E-state index contributed by atoms with van der Waals surface area (Å²) >= 11 is 5.99. The van der Waals surface area contributed by atoms with Crippen molar-refractivity contribution >= 4 is 29.5 Å². The van der Waals surface area contributed by atoms with Gasteiger partial charge in [-0.2, -0.15) is 0 Å². The molecule has 2 aromatic rings. The molecule has 1 saturated heterocycles. The van der Waals surface area contributed by atoms with E-state index < -0.39 is 5.82 Å². The van der Waals surface area contributed by atoms with Crippen LogP contribution in [0, 0.1) is 5.82 Å². The van der Waals surface area contributed by atoms with Gasteiger partial charge < -0.3 is 19.3 Å². The zero-order valence-corrected chi connectivity index (χ0v) is 17.5. The van der Waals surface area contributed by atoms with Crippen LogP contribution in [0.4, 0.5) is 4.39 Å². The zero-order valence-electron chi connectivity index (χ0n) is 16.7. The molecule has 0 unspecified atom stereocenters. The van der Waals surface area contributed by atoms with E-state index in [1.165, 1.54) is 18.2 Å². The smallest absolute Gasteiger partial charge is 0.255 e. The van der Waals surface area contributed by atoms with Crippen LogP contribution in [0.5, 0.6) is 11.5 Å². The van der Waals surface area contributed by atoms with Crippen molar-refractivity contribution in [3.8, 4) is 11.5 Å². The molecular formula is C22H22ClFN2O4. The molecule has 0 radical (unpaired) electrons. The first-order valence-electron chi connectivity index (χ1n) is 9.35. The first-order valence-corrected chi connectivity index (χ1v) is 9.73. The lowest BCUT2D eigenvalue weighted by Gasteiger charge is -2.34. The first kappa shape index (κ1) is 21.6. The number of methoxy groups -OCH3 is 2. The maximum absolute atomic E-state index is 13.2. The molecule has 0 aliphatic carbocycles. The number of amides is 2.